The van der Waals surface area contributed by atoms with E-state index in [1.165, 1.54) is 0 Å². The lowest BCUT2D eigenvalue weighted by Gasteiger charge is -2.38. The Kier molecular flexibility index (Phi) is 4.97. The van der Waals surface area contributed by atoms with Gasteiger partial charge in [-0.2, -0.15) is 0 Å². The summed E-state index contributed by atoms with van der Waals surface area (Å²) in [5, 5.41) is 0. The lowest BCUT2D eigenvalue weighted by molar-refractivity contribution is -0.143. The molecule has 0 N–H and O–H groups in total. The Balaban J connectivity index is 1.99. The van der Waals surface area contributed by atoms with Gasteiger partial charge < -0.3 is 9.64 Å². The Morgan fingerprint density at radius 1 is 1.32 bits per heavy atom. The second kappa shape index (κ2) is 6.51. The molecule has 0 aromatic rings. The Hall–Kier alpha value is -0.900. The Morgan fingerprint density at radius 2 is 2.11 bits per heavy atom. The molecule has 1 saturated carbocycles. The maximum Gasteiger partial charge on any atom is 0.248 e. The van der Waals surface area contributed by atoms with Crippen molar-refractivity contribution in [3.05, 3.63) is 0 Å². The highest BCUT2D eigenvalue weighted by Crippen LogP contribution is 2.32. The van der Waals surface area contributed by atoms with Gasteiger partial charge in [0.1, 0.15) is 12.4 Å². The number of rotatable bonds is 4. The second-order valence-corrected chi connectivity index (χ2v) is 5.98. The van der Waals surface area contributed by atoms with E-state index in [-0.39, 0.29) is 30.6 Å². The van der Waals surface area contributed by atoms with E-state index in [2.05, 4.69) is 0 Å². The van der Waals surface area contributed by atoms with E-state index in [1.54, 1.807) is 0 Å². The molecule has 2 fully saturated rings. The molecule has 2 aliphatic rings. The van der Waals surface area contributed by atoms with Crippen molar-refractivity contribution in [2.75, 3.05) is 13.2 Å². The molecule has 0 radical (unpaired) electrons. The largest absolute Gasteiger partial charge is 0.369 e. The van der Waals surface area contributed by atoms with E-state index in [4.69, 9.17) is 4.74 Å². The average molecular weight is 267 g/mol. The van der Waals surface area contributed by atoms with Crippen LogP contribution >= 0.6 is 0 Å². The van der Waals surface area contributed by atoms with Gasteiger partial charge in [-0.25, -0.2) is 0 Å². The molecule has 2 atom stereocenters. The summed E-state index contributed by atoms with van der Waals surface area (Å²) in [7, 11) is 0. The Bertz CT molecular complexity index is 340. The molecule has 1 heterocycles. The lowest BCUT2D eigenvalue weighted by atomic mass is 9.88. The number of nitrogens with zero attached hydrogens (tertiary/aromatic N) is 1. The van der Waals surface area contributed by atoms with Crippen LogP contribution in [0.5, 0.6) is 0 Å². The highest BCUT2D eigenvalue weighted by atomic mass is 16.5. The quantitative estimate of drug-likeness (QED) is 0.784. The third-order valence-electron chi connectivity index (χ3n) is 4.23. The number of hydrogen-bond donors (Lipinski definition) is 0. The van der Waals surface area contributed by atoms with Crippen LogP contribution in [0.15, 0.2) is 0 Å². The SMILES string of the molecule is CC(C)OCC(=O)N1CCCCC1C1CCCC1=O. The summed E-state index contributed by atoms with van der Waals surface area (Å²) in [6.45, 7) is 4.80. The molecule has 0 spiro atoms. The van der Waals surface area contributed by atoms with Crippen molar-refractivity contribution < 1.29 is 14.3 Å². The van der Waals surface area contributed by atoms with Crippen LogP contribution in [0.2, 0.25) is 0 Å². The number of carbonyl (C=O) groups excluding carboxylic acids is 2. The van der Waals surface area contributed by atoms with Gasteiger partial charge in [-0.3, -0.25) is 9.59 Å². The Labute approximate surface area is 115 Å². The number of ether oxygens (including phenoxy) is 1. The minimum absolute atomic E-state index is 0.0538. The number of piperidine rings is 1. The number of carbonyl (C=O) groups is 2. The van der Waals surface area contributed by atoms with E-state index in [0.717, 1.165) is 38.6 Å². The molecule has 1 amide bonds. The molecular weight excluding hydrogens is 242 g/mol. The molecule has 1 aliphatic carbocycles. The van der Waals surface area contributed by atoms with E-state index in [1.807, 2.05) is 18.7 Å². The zero-order valence-electron chi connectivity index (χ0n) is 12.1. The first kappa shape index (κ1) is 14.5. The van der Waals surface area contributed by atoms with Gasteiger partial charge in [-0.05, 0) is 46.0 Å². The van der Waals surface area contributed by atoms with Crippen molar-refractivity contribution in [1.82, 2.24) is 4.90 Å². The molecule has 1 saturated heterocycles. The third kappa shape index (κ3) is 3.56. The van der Waals surface area contributed by atoms with Crippen molar-refractivity contribution in [1.29, 1.82) is 0 Å². The fraction of sp³-hybridized carbons (Fsp3) is 0.867. The summed E-state index contributed by atoms with van der Waals surface area (Å²) in [5.74, 6) is 0.496. The van der Waals surface area contributed by atoms with Gasteiger partial charge in [-0.15, -0.1) is 0 Å². The first-order valence-electron chi connectivity index (χ1n) is 7.53. The van der Waals surface area contributed by atoms with Crippen LogP contribution in [0.3, 0.4) is 0 Å². The van der Waals surface area contributed by atoms with Crippen molar-refractivity contribution in [2.45, 2.75) is 64.5 Å². The third-order valence-corrected chi connectivity index (χ3v) is 4.23. The Morgan fingerprint density at radius 3 is 2.74 bits per heavy atom. The van der Waals surface area contributed by atoms with Crippen molar-refractivity contribution in [2.24, 2.45) is 5.92 Å². The first-order chi connectivity index (χ1) is 9.09. The summed E-state index contributed by atoms with van der Waals surface area (Å²) in [5.41, 5.74) is 0. The van der Waals surface area contributed by atoms with Gasteiger partial charge in [0, 0.05) is 24.9 Å². The molecule has 2 unspecified atom stereocenters. The standard InChI is InChI=1S/C15H25NO3/c1-11(2)19-10-15(18)16-9-4-3-7-13(16)12-6-5-8-14(12)17/h11-13H,3-10H2,1-2H3. The maximum atomic E-state index is 12.3. The van der Waals surface area contributed by atoms with Gasteiger partial charge in [0.05, 0.1) is 6.10 Å². The molecule has 0 aromatic carbocycles. The minimum Gasteiger partial charge on any atom is -0.369 e. The summed E-state index contributed by atoms with van der Waals surface area (Å²) in [6, 6.07) is 0.131. The molecule has 0 aromatic heterocycles. The predicted molar refractivity (Wildman–Crippen MR) is 72.8 cm³/mol. The molecule has 108 valence electrons. The second-order valence-electron chi connectivity index (χ2n) is 5.98. The number of hydrogen-bond acceptors (Lipinski definition) is 3. The number of Topliss-reactive ketones (excluding diaryl/α,β-unsaturated/α-hetero) is 1. The predicted octanol–water partition coefficient (Wildman–Crippen LogP) is 2.16. The highest BCUT2D eigenvalue weighted by molar-refractivity contribution is 5.85. The molecular formula is C15H25NO3. The maximum absolute atomic E-state index is 12.3. The van der Waals surface area contributed by atoms with Crippen LogP contribution in [0.25, 0.3) is 0 Å². The van der Waals surface area contributed by atoms with Gasteiger partial charge in [0.25, 0.3) is 0 Å². The zero-order chi connectivity index (χ0) is 13.8. The number of likely N-dealkylation sites (tertiary alicyclic amines) is 1. The lowest BCUT2D eigenvalue weighted by Crippen LogP contribution is -2.50. The van der Waals surface area contributed by atoms with Gasteiger partial charge in [0.15, 0.2) is 0 Å². The van der Waals surface area contributed by atoms with Gasteiger partial charge in [0.2, 0.25) is 5.91 Å². The zero-order valence-corrected chi connectivity index (χ0v) is 12.1. The summed E-state index contributed by atoms with van der Waals surface area (Å²) < 4.78 is 5.42. The van der Waals surface area contributed by atoms with Crippen LogP contribution in [0.4, 0.5) is 0 Å². The van der Waals surface area contributed by atoms with Crippen LogP contribution in [0, 0.1) is 5.92 Å². The minimum atomic E-state index is 0.0538. The fourth-order valence-corrected chi connectivity index (χ4v) is 3.26. The van der Waals surface area contributed by atoms with Crippen LogP contribution < -0.4 is 0 Å². The van der Waals surface area contributed by atoms with E-state index >= 15 is 0 Å². The summed E-state index contributed by atoms with van der Waals surface area (Å²) >= 11 is 0. The van der Waals surface area contributed by atoms with Gasteiger partial charge >= 0.3 is 0 Å². The van der Waals surface area contributed by atoms with Crippen molar-refractivity contribution >= 4 is 11.7 Å². The van der Waals surface area contributed by atoms with E-state index in [9.17, 15) is 9.59 Å². The fourth-order valence-electron chi connectivity index (χ4n) is 3.26. The number of amides is 1. The first-order valence-corrected chi connectivity index (χ1v) is 7.53. The van der Waals surface area contributed by atoms with Crippen LogP contribution in [-0.4, -0.2) is 41.9 Å². The average Bonchev–Trinajstić information content (AvgIpc) is 2.82. The molecule has 4 nitrogen and oxygen atoms in total. The smallest absolute Gasteiger partial charge is 0.248 e. The van der Waals surface area contributed by atoms with Crippen LogP contribution in [0.1, 0.15) is 52.4 Å². The number of ketones is 1. The summed E-state index contributed by atoms with van der Waals surface area (Å²) in [6.07, 6.45) is 5.87. The van der Waals surface area contributed by atoms with E-state index in [0.29, 0.717) is 12.2 Å². The molecule has 2 rings (SSSR count). The van der Waals surface area contributed by atoms with Gasteiger partial charge in [-0.1, -0.05) is 0 Å². The van der Waals surface area contributed by atoms with Crippen molar-refractivity contribution in [3.63, 3.8) is 0 Å². The van der Waals surface area contributed by atoms with Crippen molar-refractivity contribution in [3.8, 4) is 0 Å². The molecule has 0 bridgehead atoms. The highest BCUT2D eigenvalue weighted by Gasteiger charge is 2.38. The molecule has 4 heteroatoms. The summed E-state index contributed by atoms with van der Waals surface area (Å²) in [4.78, 5) is 26.1. The van der Waals surface area contributed by atoms with E-state index < -0.39 is 0 Å². The molecule has 1 aliphatic heterocycles. The normalized spacial score (nSPS) is 28.2. The molecule has 19 heavy (non-hydrogen) atoms. The monoisotopic (exact) mass is 267 g/mol. The topological polar surface area (TPSA) is 46.6 Å². The van der Waals surface area contributed by atoms with Crippen LogP contribution in [-0.2, 0) is 14.3 Å².